The molecule has 0 aliphatic heterocycles. The molecule has 0 aliphatic rings. The summed E-state index contributed by atoms with van der Waals surface area (Å²) in [6.07, 6.45) is 0. The third kappa shape index (κ3) is 3.16. The van der Waals surface area contributed by atoms with Gasteiger partial charge in [-0.05, 0) is 56.1 Å². The van der Waals surface area contributed by atoms with Gasteiger partial charge < -0.3 is 9.73 Å². The molecule has 0 unspecified atom stereocenters. The molecular formula is C12H7Br3N2O. The monoisotopic (exact) mass is 432 g/mol. The molecule has 0 spiro atoms. The van der Waals surface area contributed by atoms with Crippen LogP contribution in [0.2, 0.25) is 0 Å². The van der Waals surface area contributed by atoms with Gasteiger partial charge >= 0.3 is 0 Å². The summed E-state index contributed by atoms with van der Waals surface area (Å²) in [6.45, 7) is 0.509. The molecule has 1 aromatic heterocycles. The first-order valence-corrected chi connectivity index (χ1v) is 7.35. The van der Waals surface area contributed by atoms with Gasteiger partial charge in [-0.2, -0.15) is 5.26 Å². The second-order valence-corrected chi connectivity index (χ2v) is 5.98. The Morgan fingerprint density at radius 1 is 1.22 bits per heavy atom. The van der Waals surface area contributed by atoms with Crippen molar-refractivity contribution in [3.63, 3.8) is 0 Å². The quantitative estimate of drug-likeness (QED) is 0.735. The molecule has 1 N–H and O–H groups in total. The molecule has 0 amide bonds. The third-order valence-corrected chi connectivity index (χ3v) is 4.45. The summed E-state index contributed by atoms with van der Waals surface area (Å²) < 4.78 is 7.91. The summed E-state index contributed by atoms with van der Waals surface area (Å²) in [5.74, 6) is 0.776. The Morgan fingerprint density at radius 2 is 2.00 bits per heavy atom. The van der Waals surface area contributed by atoms with Crippen LogP contribution in [0.4, 0.5) is 5.69 Å². The highest BCUT2D eigenvalue weighted by Crippen LogP contribution is 2.28. The van der Waals surface area contributed by atoms with Crippen molar-refractivity contribution < 1.29 is 4.42 Å². The molecule has 0 aliphatic carbocycles. The van der Waals surface area contributed by atoms with Gasteiger partial charge in [0.25, 0.3) is 0 Å². The van der Waals surface area contributed by atoms with E-state index in [2.05, 4.69) is 59.2 Å². The number of hydrogen-bond donors (Lipinski definition) is 1. The minimum Gasteiger partial charge on any atom is -0.451 e. The first-order chi connectivity index (χ1) is 8.60. The summed E-state index contributed by atoms with van der Waals surface area (Å²) >= 11 is 10.0. The van der Waals surface area contributed by atoms with Gasteiger partial charge in [0, 0.05) is 4.47 Å². The van der Waals surface area contributed by atoms with Gasteiger partial charge in [0.1, 0.15) is 11.8 Å². The van der Waals surface area contributed by atoms with Crippen molar-refractivity contribution in [1.82, 2.24) is 0 Å². The van der Waals surface area contributed by atoms with Crippen LogP contribution in [-0.2, 0) is 6.54 Å². The predicted molar refractivity (Wildman–Crippen MR) is 80.3 cm³/mol. The highest BCUT2D eigenvalue weighted by atomic mass is 79.9. The minimum atomic E-state index is 0.509. The highest BCUT2D eigenvalue weighted by molar-refractivity contribution is 9.13. The van der Waals surface area contributed by atoms with Crippen LogP contribution in [0.3, 0.4) is 0 Å². The summed E-state index contributed by atoms with van der Waals surface area (Å²) in [6, 6.07) is 9.49. The van der Waals surface area contributed by atoms with E-state index in [-0.39, 0.29) is 0 Å². The number of nitrogens with one attached hydrogen (secondary N) is 1. The number of nitrogens with zero attached hydrogens (tertiary/aromatic N) is 1. The van der Waals surface area contributed by atoms with E-state index in [9.17, 15) is 0 Å². The molecule has 0 saturated carbocycles. The van der Waals surface area contributed by atoms with Gasteiger partial charge in [-0.15, -0.1) is 0 Å². The summed E-state index contributed by atoms with van der Waals surface area (Å²) in [7, 11) is 0. The maximum atomic E-state index is 9.01. The number of anilines is 1. The Bertz CT molecular complexity index is 597. The van der Waals surface area contributed by atoms with Gasteiger partial charge in [-0.1, -0.05) is 15.9 Å². The van der Waals surface area contributed by atoms with Crippen LogP contribution in [0.1, 0.15) is 11.3 Å². The van der Waals surface area contributed by atoms with Gasteiger partial charge in [-0.3, -0.25) is 0 Å². The molecule has 0 fully saturated rings. The largest absolute Gasteiger partial charge is 0.451 e. The number of rotatable bonds is 3. The van der Waals surface area contributed by atoms with E-state index in [1.54, 1.807) is 6.07 Å². The van der Waals surface area contributed by atoms with E-state index < -0.39 is 0 Å². The lowest BCUT2D eigenvalue weighted by molar-refractivity contribution is 0.494. The highest BCUT2D eigenvalue weighted by Gasteiger charge is 2.07. The number of halogens is 3. The Morgan fingerprint density at radius 3 is 2.61 bits per heavy atom. The molecule has 3 nitrogen and oxygen atoms in total. The van der Waals surface area contributed by atoms with Crippen LogP contribution in [0.15, 0.2) is 42.3 Å². The SMILES string of the molecule is N#Cc1ccc(Br)cc1NCc1cc(Br)c(Br)o1. The van der Waals surface area contributed by atoms with Crippen molar-refractivity contribution in [3.05, 3.63) is 49.2 Å². The van der Waals surface area contributed by atoms with E-state index in [0.717, 1.165) is 20.4 Å². The normalized spacial score (nSPS) is 10.1. The zero-order chi connectivity index (χ0) is 13.1. The van der Waals surface area contributed by atoms with Gasteiger partial charge in [-0.25, -0.2) is 0 Å². The molecule has 1 aromatic carbocycles. The Hall–Kier alpha value is -0.770. The smallest absolute Gasteiger partial charge is 0.183 e. The molecule has 92 valence electrons. The molecule has 0 bridgehead atoms. The van der Waals surface area contributed by atoms with Crippen LogP contribution < -0.4 is 5.32 Å². The van der Waals surface area contributed by atoms with Gasteiger partial charge in [0.2, 0.25) is 0 Å². The van der Waals surface area contributed by atoms with E-state index in [0.29, 0.717) is 16.8 Å². The average molecular weight is 435 g/mol. The fourth-order valence-corrected chi connectivity index (χ4v) is 2.44. The topological polar surface area (TPSA) is 49.0 Å². The Labute approximate surface area is 130 Å². The average Bonchev–Trinajstić information content (AvgIpc) is 2.66. The first kappa shape index (κ1) is 13.7. The molecule has 2 aromatic rings. The lowest BCUT2D eigenvalue weighted by atomic mass is 10.2. The molecule has 6 heteroatoms. The fraction of sp³-hybridized carbons (Fsp3) is 0.0833. The van der Waals surface area contributed by atoms with E-state index in [1.165, 1.54) is 0 Å². The maximum Gasteiger partial charge on any atom is 0.183 e. The molecule has 0 saturated heterocycles. The second-order valence-electron chi connectivity index (χ2n) is 3.49. The Kier molecular flexibility index (Phi) is 4.49. The summed E-state index contributed by atoms with van der Waals surface area (Å²) in [5.41, 5.74) is 1.37. The molecule has 0 atom stereocenters. The van der Waals surface area contributed by atoms with Crippen molar-refractivity contribution in [2.24, 2.45) is 0 Å². The van der Waals surface area contributed by atoms with E-state index in [1.807, 2.05) is 18.2 Å². The molecular weight excluding hydrogens is 428 g/mol. The lowest BCUT2D eigenvalue weighted by Gasteiger charge is -2.06. The zero-order valence-corrected chi connectivity index (χ0v) is 13.8. The van der Waals surface area contributed by atoms with Gasteiger partial charge in [0.05, 0.1) is 22.3 Å². The standard InChI is InChI=1S/C12H7Br3N2O/c13-8-2-1-7(5-16)11(3-8)17-6-9-4-10(14)12(15)18-9/h1-4,17H,6H2. The summed E-state index contributed by atoms with van der Waals surface area (Å²) in [4.78, 5) is 0. The van der Waals surface area contributed by atoms with E-state index in [4.69, 9.17) is 9.68 Å². The van der Waals surface area contributed by atoms with Crippen LogP contribution in [-0.4, -0.2) is 0 Å². The second kappa shape index (κ2) is 5.91. The number of furan rings is 1. The molecule has 0 radical (unpaired) electrons. The van der Waals surface area contributed by atoms with Crippen molar-refractivity contribution >= 4 is 53.5 Å². The molecule has 2 rings (SSSR count). The van der Waals surface area contributed by atoms with Crippen LogP contribution in [0.25, 0.3) is 0 Å². The van der Waals surface area contributed by atoms with Crippen LogP contribution >= 0.6 is 47.8 Å². The van der Waals surface area contributed by atoms with Gasteiger partial charge in [0.15, 0.2) is 4.67 Å². The van der Waals surface area contributed by atoms with Crippen molar-refractivity contribution in [3.8, 4) is 6.07 Å². The van der Waals surface area contributed by atoms with Crippen molar-refractivity contribution in [2.45, 2.75) is 6.54 Å². The zero-order valence-electron chi connectivity index (χ0n) is 9.01. The lowest BCUT2D eigenvalue weighted by Crippen LogP contribution is -2.00. The van der Waals surface area contributed by atoms with E-state index >= 15 is 0 Å². The maximum absolute atomic E-state index is 9.01. The summed E-state index contributed by atoms with van der Waals surface area (Å²) in [5, 5.41) is 12.2. The third-order valence-electron chi connectivity index (χ3n) is 2.25. The first-order valence-electron chi connectivity index (χ1n) is 4.97. The van der Waals surface area contributed by atoms with Crippen LogP contribution in [0.5, 0.6) is 0 Å². The predicted octanol–water partition coefficient (Wildman–Crippen LogP) is 5.05. The molecule has 18 heavy (non-hydrogen) atoms. The van der Waals surface area contributed by atoms with Crippen molar-refractivity contribution in [2.75, 3.05) is 5.32 Å². The number of nitriles is 1. The Balaban J connectivity index is 2.15. The number of benzene rings is 1. The van der Waals surface area contributed by atoms with Crippen molar-refractivity contribution in [1.29, 1.82) is 5.26 Å². The van der Waals surface area contributed by atoms with Crippen LogP contribution in [0, 0.1) is 11.3 Å². The fourth-order valence-electron chi connectivity index (χ4n) is 1.42. The minimum absolute atomic E-state index is 0.509. The molecule has 1 heterocycles. The number of hydrogen-bond acceptors (Lipinski definition) is 3.